The Bertz CT molecular complexity index is 418. The molecule has 1 rings (SSSR count). The molecule has 19 heavy (non-hydrogen) atoms. The molecule has 0 atom stereocenters. The molecule has 0 bridgehead atoms. The fourth-order valence-corrected chi connectivity index (χ4v) is 2.16. The van der Waals surface area contributed by atoms with Gasteiger partial charge in [-0.1, -0.05) is 46.1 Å². The minimum absolute atomic E-state index is 0.310. The van der Waals surface area contributed by atoms with Crippen LogP contribution < -0.4 is 5.32 Å². The van der Waals surface area contributed by atoms with Gasteiger partial charge in [-0.25, -0.2) is 4.98 Å². The van der Waals surface area contributed by atoms with Gasteiger partial charge in [0.2, 0.25) is 0 Å². The Balaban J connectivity index is 2.39. The highest BCUT2D eigenvalue weighted by Crippen LogP contribution is 2.22. The molecular formula is C16H25N3. The highest BCUT2D eigenvalue weighted by molar-refractivity contribution is 5.30. The highest BCUT2D eigenvalue weighted by atomic mass is 14.9. The zero-order valence-electron chi connectivity index (χ0n) is 12.4. The summed E-state index contributed by atoms with van der Waals surface area (Å²) in [7, 11) is 0. The van der Waals surface area contributed by atoms with E-state index in [1.54, 1.807) is 6.20 Å². The van der Waals surface area contributed by atoms with Crippen LogP contribution in [-0.2, 0) is 6.54 Å². The van der Waals surface area contributed by atoms with Gasteiger partial charge in [-0.05, 0) is 17.9 Å². The van der Waals surface area contributed by atoms with Crippen LogP contribution in [0.1, 0.15) is 57.7 Å². The lowest BCUT2D eigenvalue weighted by Crippen LogP contribution is -2.29. The number of pyridine rings is 1. The van der Waals surface area contributed by atoms with Gasteiger partial charge in [0, 0.05) is 24.8 Å². The monoisotopic (exact) mass is 259 g/mol. The van der Waals surface area contributed by atoms with Crippen molar-refractivity contribution in [1.29, 1.82) is 5.26 Å². The molecule has 0 aliphatic rings. The Labute approximate surface area is 117 Å². The minimum atomic E-state index is 0.310. The van der Waals surface area contributed by atoms with Crippen molar-refractivity contribution in [2.45, 2.75) is 53.0 Å². The first-order valence-electron chi connectivity index (χ1n) is 7.14. The summed E-state index contributed by atoms with van der Waals surface area (Å²) in [6.45, 7) is 8.51. The zero-order chi connectivity index (χ0) is 14.1. The number of nitrogens with zero attached hydrogens (tertiary/aromatic N) is 2. The van der Waals surface area contributed by atoms with Crippen LogP contribution in [0, 0.1) is 16.7 Å². The molecule has 0 unspecified atom stereocenters. The fourth-order valence-electron chi connectivity index (χ4n) is 2.16. The van der Waals surface area contributed by atoms with Gasteiger partial charge in [0.25, 0.3) is 0 Å². The van der Waals surface area contributed by atoms with Gasteiger partial charge in [-0.3, -0.25) is 0 Å². The second kappa shape index (κ2) is 7.91. The molecule has 1 heterocycles. The first-order valence-corrected chi connectivity index (χ1v) is 7.14. The molecule has 0 saturated heterocycles. The van der Waals surface area contributed by atoms with Crippen molar-refractivity contribution in [2.75, 3.05) is 6.54 Å². The Morgan fingerprint density at radius 3 is 2.84 bits per heavy atom. The number of rotatable bonds is 8. The maximum Gasteiger partial charge on any atom is 0.144 e. The lowest BCUT2D eigenvalue weighted by atomic mass is 9.87. The van der Waals surface area contributed by atoms with Crippen molar-refractivity contribution < 1.29 is 0 Å². The van der Waals surface area contributed by atoms with Crippen molar-refractivity contribution in [3.05, 3.63) is 29.6 Å². The molecule has 0 aliphatic carbocycles. The normalized spacial score (nSPS) is 11.3. The SMILES string of the molecule is CCCCCC(C)(C)CNCc1cccnc1C#N. The topological polar surface area (TPSA) is 48.7 Å². The maximum absolute atomic E-state index is 8.98. The summed E-state index contributed by atoms with van der Waals surface area (Å²) in [5, 5.41) is 12.4. The van der Waals surface area contributed by atoms with E-state index in [1.165, 1.54) is 25.7 Å². The third-order valence-corrected chi connectivity index (χ3v) is 3.37. The molecule has 3 nitrogen and oxygen atoms in total. The van der Waals surface area contributed by atoms with Gasteiger partial charge in [0.1, 0.15) is 11.8 Å². The van der Waals surface area contributed by atoms with Crippen LogP contribution in [0.15, 0.2) is 18.3 Å². The molecule has 104 valence electrons. The van der Waals surface area contributed by atoms with Crippen LogP contribution in [-0.4, -0.2) is 11.5 Å². The molecule has 0 spiro atoms. The van der Waals surface area contributed by atoms with Crippen LogP contribution in [0.3, 0.4) is 0 Å². The summed E-state index contributed by atoms with van der Waals surface area (Å²) >= 11 is 0. The number of unbranched alkanes of at least 4 members (excludes halogenated alkanes) is 2. The van der Waals surface area contributed by atoms with Gasteiger partial charge in [-0.15, -0.1) is 0 Å². The summed E-state index contributed by atoms with van der Waals surface area (Å²) in [5.74, 6) is 0. The second-order valence-electron chi connectivity index (χ2n) is 5.85. The van der Waals surface area contributed by atoms with E-state index in [0.29, 0.717) is 17.7 Å². The van der Waals surface area contributed by atoms with Gasteiger partial charge < -0.3 is 5.32 Å². The van der Waals surface area contributed by atoms with E-state index in [9.17, 15) is 0 Å². The molecule has 0 saturated carbocycles. The molecule has 3 heteroatoms. The molecule has 0 fully saturated rings. The zero-order valence-corrected chi connectivity index (χ0v) is 12.4. The Morgan fingerprint density at radius 1 is 1.37 bits per heavy atom. The van der Waals surface area contributed by atoms with E-state index in [1.807, 2.05) is 12.1 Å². The van der Waals surface area contributed by atoms with E-state index in [4.69, 9.17) is 5.26 Å². The fraction of sp³-hybridized carbons (Fsp3) is 0.625. The van der Waals surface area contributed by atoms with Gasteiger partial charge >= 0.3 is 0 Å². The highest BCUT2D eigenvalue weighted by Gasteiger charge is 2.16. The summed E-state index contributed by atoms with van der Waals surface area (Å²) in [4.78, 5) is 4.07. The van der Waals surface area contributed by atoms with Gasteiger partial charge in [0.05, 0.1) is 0 Å². The third-order valence-electron chi connectivity index (χ3n) is 3.37. The van der Waals surface area contributed by atoms with Crippen LogP contribution >= 0.6 is 0 Å². The Kier molecular flexibility index (Phi) is 6.52. The smallest absolute Gasteiger partial charge is 0.144 e. The standard InChI is InChI=1S/C16H25N3/c1-4-5-6-9-16(2,3)13-18-12-14-8-7-10-19-15(14)11-17/h7-8,10,18H,4-6,9,12-13H2,1-3H3. The Hall–Kier alpha value is -1.40. The average Bonchev–Trinajstić information content (AvgIpc) is 2.39. The second-order valence-corrected chi connectivity index (χ2v) is 5.85. The number of aromatic nitrogens is 1. The van der Waals surface area contributed by atoms with Crippen molar-refractivity contribution in [2.24, 2.45) is 5.41 Å². The lowest BCUT2D eigenvalue weighted by Gasteiger charge is -2.25. The van der Waals surface area contributed by atoms with Crippen LogP contribution in [0.25, 0.3) is 0 Å². The van der Waals surface area contributed by atoms with Crippen LogP contribution in [0.2, 0.25) is 0 Å². The van der Waals surface area contributed by atoms with E-state index < -0.39 is 0 Å². The van der Waals surface area contributed by atoms with Crippen LogP contribution in [0.5, 0.6) is 0 Å². The third kappa shape index (κ3) is 5.85. The lowest BCUT2D eigenvalue weighted by molar-refractivity contribution is 0.302. The van der Waals surface area contributed by atoms with Crippen molar-refractivity contribution in [3.63, 3.8) is 0 Å². The molecule has 0 aliphatic heterocycles. The summed E-state index contributed by atoms with van der Waals surface area (Å²) in [6, 6.07) is 5.97. The summed E-state index contributed by atoms with van der Waals surface area (Å²) < 4.78 is 0. The first kappa shape index (κ1) is 15.7. The van der Waals surface area contributed by atoms with E-state index in [-0.39, 0.29) is 0 Å². The van der Waals surface area contributed by atoms with Crippen molar-refractivity contribution in [1.82, 2.24) is 10.3 Å². The van der Waals surface area contributed by atoms with E-state index >= 15 is 0 Å². The van der Waals surface area contributed by atoms with Crippen molar-refractivity contribution in [3.8, 4) is 6.07 Å². The molecule has 1 aromatic rings. The number of nitriles is 1. The van der Waals surface area contributed by atoms with E-state index in [0.717, 1.165) is 12.1 Å². The number of hydrogen-bond donors (Lipinski definition) is 1. The van der Waals surface area contributed by atoms with E-state index in [2.05, 4.69) is 37.1 Å². The molecule has 1 aromatic heterocycles. The van der Waals surface area contributed by atoms with Crippen molar-refractivity contribution >= 4 is 0 Å². The van der Waals surface area contributed by atoms with Crippen LogP contribution in [0.4, 0.5) is 0 Å². The molecule has 1 N–H and O–H groups in total. The molecule has 0 aromatic carbocycles. The Morgan fingerprint density at radius 2 is 2.16 bits per heavy atom. The largest absolute Gasteiger partial charge is 0.312 e. The predicted octanol–water partition coefficient (Wildman–Crippen LogP) is 3.65. The maximum atomic E-state index is 8.98. The number of nitrogens with one attached hydrogen (secondary N) is 1. The minimum Gasteiger partial charge on any atom is -0.312 e. The average molecular weight is 259 g/mol. The van der Waals surface area contributed by atoms with Gasteiger partial charge in [-0.2, -0.15) is 5.26 Å². The summed E-state index contributed by atoms with van der Waals surface area (Å²) in [6.07, 6.45) is 6.78. The van der Waals surface area contributed by atoms with Gasteiger partial charge in [0.15, 0.2) is 0 Å². The number of hydrogen-bond acceptors (Lipinski definition) is 3. The quantitative estimate of drug-likeness (QED) is 0.725. The molecule has 0 amide bonds. The molecular weight excluding hydrogens is 234 g/mol. The predicted molar refractivity (Wildman–Crippen MR) is 78.6 cm³/mol. The summed E-state index contributed by atoms with van der Waals surface area (Å²) in [5.41, 5.74) is 1.82. The first-order chi connectivity index (χ1) is 9.09. The molecule has 0 radical (unpaired) electrons.